The summed E-state index contributed by atoms with van der Waals surface area (Å²) in [5, 5.41) is 3.21. The van der Waals surface area contributed by atoms with Gasteiger partial charge in [0.2, 0.25) is 5.91 Å². The molecule has 0 saturated carbocycles. The molecule has 0 bridgehead atoms. The molecule has 4 rings (SSSR count). The number of allylic oxidation sites excluding steroid dienone is 2. The molecule has 2 aromatic heterocycles. The maximum atomic E-state index is 12.4. The van der Waals surface area contributed by atoms with Crippen LogP contribution in [-0.2, 0) is 24.2 Å². The molecule has 1 amide bonds. The van der Waals surface area contributed by atoms with Gasteiger partial charge < -0.3 is 9.88 Å². The van der Waals surface area contributed by atoms with E-state index in [1.54, 1.807) is 18.5 Å². The molecular weight excluding hydrogens is 326 g/mol. The molecule has 2 aromatic rings. The molecule has 2 aliphatic carbocycles. The summed E-state index contributed by atoms with van der Waals surface area (Å²) < 4.78 is 1.86. The summed E-state index contributed by atoms with van der Waals surface area (Å²) in [6, 6.07) is 7.60. The predicted molar refractivity (Wildman–Crippen MR) is 99.9 cm³/mol. The van der Waals surface area contributed by atoms with Crippen LogP contribution >= 0.6 is 0 Å². The maximum Gasteiger partial charge on any atom is 0.251 e. The molecule has 1 atom stereocenters. The van der Waals surface area contributed by atoms with E-state index in [-0.39, 0.29) is 23.4 Å². The second-order valence-electron chi connectivity index (χ2n) is 7.17. The Hall–Kier alpha value is -2.69. The highest BCUT2D eigenvalue weighted by Gasteiger charge is 2.26. The minimum absolute atomic E-state index is 0.0278. The number of fused-ring (bicyclic) bond motifs is 1. The van der Waals surface area contributed by atoms with Gasteiger partial charge in [-0.1, -0.05) is 18.2 Å². The third-order valence-electron chi connectivity index (χ3n) is 5.40. The molecule has 0 saturated heterocycles. The first-order chi connectivity index (χ1) is 12.7. The van der Waals surface area contributed by atoms with E-state index < -0.39 is 0 Å². The Morgan fingerprint density at radius 3 is 2.69 bits per heavy atom. The normalized spacial score (nSPS) is 19.3. The zero-order valence-electron chi connectivity index (χ0n) is 14.7. The Labute approximate surface area is 152 Å². The van der Waals surface area contributed by atoms with Gasteiger partial charge in [-0.25, -0.2) is 0 Å². The van der Waals surface area contributed by atoms with Crippen LogP contribution in [0.1, 0.15) is 36.1 Å². The van der Waals surface area contributed by atoms with Crippen LogP contribution in [0.3, 0.4) is 0 Å². The molecule has 134 valence electrons. The van der Waals surface area contributed by atoms with Crippen molar-refractivity contribution >= 4 is 5.91 Å². The van der Waals surface area contributed by atoms with Gasteiger partial charge in [0, 0.05) is 36.1 Å². The fourth-order valence-electron chi connectivity index (χ4n) is 3.94. The molecule has 1 N–H and O–H groups in total. The van der Waals surface area contributed by atoms with Crippen molar-refractivity contribution < 1.29 is 4.79 Å². The average Bonchev–Trinajstić information content (AvgIpc) is 3.20. The van der Waals surface area contributed by atoms with Crippen LogP contribution in [0.4, 0.5) is 0 Å². The van der Waals surface area contributed by atoms with Gasteiger partial charge >= 0.3 is 0 Å². The standard InChI is InChI=1S/C21H23N3O2/c25-20-8-5-17-13-18(23-21(26)16-3-1-2-4-16)6-7-19(17)24(20)14-15-9-11-22-12-10-15/h1-2,5,8-12,16,18H,3-4,6-7,13-14H2,(H,23,26). The first kappa shape index (κ1) is 16.8. The van der Waals surface area contributed by atoms with E-state index in [1.165, 1.54) is 5.56 Å². The van der Waals surface area contributed by atoms with Gasteiger partial charge in [0.15, 0.2) is 0 Å². The zero-order chi connectivity index (χ0) is 17.9. The molecule has 0 aromatic carbocycles. The maximum absolute atomic E-state index is 12.4. The summed E-state index contributed by atoms with van der Waals surface area (Å²) in [4.78, 5) is 28.8. The number of nitrogens with one attached hydrogen (secondary N) is 1. The molecule has 0 spiro atoms. The van der Waals surface area contributed by atoms with Crippen molar-refractivity contribution in [2.45, 2.75) is 44.7 Å². The van der Waals surface area contributed by atoms with Gasteiger partial charge in [0.25, 0.3) is 5.56 Å². The van der Waals surface area contributed by atoms with Gasteiger partial charge in [-0.05, 0) is 55.4 Å². The monoisotopic (exact) mass is 349 g/mol. The van der Waals surface area contributed by atoms with Crippen molar-refractivity contribution in [1.29, 1.82) is 0 Å². The molecule has 26 heavy (non-hydrogen) atoms. The van der Waals surface area contributed by atoms with Crippen molar-refractivity contribution in [2.24, 2.45) is 5.92 Å². The SMILES string of the molecule is O=C(NC1CCc2c(ccc(=O)n2Cc2ccncc2)C1)C1CC=CC1. The quantitative estimate of drug-likeness (QED) is 0.861. The third kappa shape index (κ3) is 3.47. The number of aromatic nitrogens is 2. The smallest absolute Gasteiger partial charge is 0.251 e. The zero-order valence-corrected chi connectivity index (χ0v) is 14.7. The highest BCUT2D eigenvalue weighted by atomic mass is 16.2. The summed E-state index contributed by atoms with van der Waals surface area (Å²) in [5.74, 6) is 0.255. The fourth-order valence-corrected chi connectivity index (χ4v) is 3.94. The van der Waals surface area contributed by atoms with Crippen LogP contribution < -0.4 is 10.9 Å². The van der Waals surface area contributed by atoms with Gasteiger partial charge in [0.05, 0.1) is 6.54 Å². The molecule has 2 heterocycles. The van der Waals surface area contributed by atoms with Crippen molar-refractivity contribution in [1.82, 2.24) is 14.9 Å². The molecule has 1 unspecified atom stereocenters. The lowest BCUT2D eigenvalue weighted by Gasteiger charge is -2.28. The molecule has 0 radical (unpaired) electrons. The van der Waals surface area contributed by atoms with Crippen molar-refractivity contribution in [2.75, 3.05) is 0 Å². The predicted octanol–water partition coefficient (Wildman–Crippen LogP) is 2.23. The van der Waals surface area contributed by atoms with E-state index >= 15 is 0 Å². The van der Waals surface area contributed by atoms with E-state index in [1.807, 2.05) is 22.8 Å². The summed E-state index contributed by atoms with van der Waals surface area (Å²) in [5.41, 5.74) is 3.36. The first-order valence-electron chi connectivity index (χ1n) is 9.26. The second kappa shape index (κ2) is 7.28. The number of amides is 1. The van der Waals surface area contributed by atoms with Gasteiger partial charge in [-0.15, -0.1) is 0 Å². The number of pyridine rings is 2. The van der Waals surface area contributed by atoms with Crippen LogP contribution in [-0.4, -0.2) is 21.5 Å². The number of rotatable bonds is 4. The summed E-state index contributed by atoms with van der Waals surface area (Å²) in [6.07, 6.45) is 11.8. The third-order valence-corrected chi connectivity index (χ3v) is 5.40. The van der Waals surface area contributed by atoms with E-state index in [4.69, 9.17) is 0 Å². The van der Waals surface area contributed by atoms with Gasteiger partial charge in [0.1, 0.15) is 0 Å². The van der Waals surface area contributed by atoms with Gasteiger partial charge in [-0.2, -0.15) is 0 Å². The molecule has 0 aliphatic heterocycles. The number of carbonyl (C=O) groups excluding carboxylic acids is 1. The van der Waals surface area contributed by atoms with Crippen LogP contribution in [0.25, 0.3) is 0 Å². The second-order valence-corrected chi connectivity index (χ2v) is 7.17. The van der Waals surface area contributed by atoms with E-state index in [0.29, 0.717) is 6.54 Å². The summed E-state index contributed by atoms with van der Waals surface area (Å²) in [6.45, 7) is 0.565. The van der Waals surface area contributed by atoms with E-state index in [9.17, 15) is 9.59 Å². The molecular formula is C21H23N3O2. The Balaban J connectivity index is 1.50. The highest BCUT2D eigenvalue weighted by molar-refractivity contribution is 5.79. The Bertz CT molecular complexity index is 878. The molecule has 0 fully saturated rings. The fraction of sp³-hybridized carbons (Fsp3) is 0.381. The largest absolute Gasteiger partial charge is 0.353 e. The van der Waals surface area contributed by atoms with Gasteiger partial charge in [-0.3, -0.25) is 14.6 Å². The Morgan fingerprint density at radius 2 is 1.92 bits per heavy atom. The van der Waals surface area contributed by atoms with E-state index in [2.05, 4.69) is 22.5 Å². The minimum Gasteiger partial charge on any atom is -0.353 e. The van der Waals surface area contributed by atoms with Crippen LogP contribution in [0.2, 0.25) is 0 Å². The Morgan fingerprint density at radius 1 is 1.15 bits per heavy atom. The summed E-state index contributed by atoms with van der Waals surface area (Å²) in [7, 11) is 0. The van der Waals surface area contributed by atoms with Crippen molar-refractivity contribution in [3.63, 3.8) is 0 Å². The minimum atomic E-state index is 0.0278. The topological polar surface area (TPSA) is 64.0 Å². The molecule has 5 heteroatoms. The average molecular weight is 349 g/mol. The Kier molecular flexibility index (Phi) is 4.69. The van der Waals surface area contributed by atoms with Crippen LogP contribution in [0.15, 0.2) is 53.6 Å². The lowest BCUT2D eigenvalue weighted by Crippen LogP contribution is -2.42. The van der Waals surface area contributed by atoms with Crippen molar-refractivity contribution in [3.8, 4) is 0 Å². The number of nitrogens with zero attached hydrogens (tertiary/aromatic N) is 2. The highest BCUT2D eigenvalue weighted by Crippen LogP contribution is 2.23. The van der Waals surface area contributed by atoms with E-state index in [0.717, 1.165) is 43.4 Å². The molecule has 5 nitrogen and oxygen atoms in total. The first-order valence-corrected chi connectivity index (χ1v) is 9.26. The lowest BCUT2D eigenvalue weighted by atomic mass is 9.90. The number of carbonyl (C=O) groups is 1. The van der Waals surface area contributed by atoms with Crippen molar-refractivity contribution in [3.05, 3.63) is 76.0 Å². The lowest BCUT2D eigenvalue weighted by molar-refractivity contribution is -0.125. The van der Waals surface area contributed by atoms with Crippen LogP contribution in [0.5, 0.6) is 0 Å². The number of hydrogen-bond donors (Lipinski definition) is 1. The van der Waals surface area contributed by atoms with Crippen LogP contribution in [0, 0.1) is 5.92 Å². The summed E-state index contributed by atoms with van der Waals surface area (Å²) >= 11 is 0. The molecule has 2 aliphatic rings. The number of hydrogen-bond acceptors (Lipinski definition) is 3.